The van der Waals surface area contributed by atoms with E-state index in [-0.39, 0.29) is 35.3 Å². The van der Waals surface area contributed by atoms with Crippen LogP contribution in [-0.4, -0.2) is 38.6 Å². The van der Waals surface area contributed by atoms with Crippen molar-refractivity contribution >= 4 is 38.6 Å². The van der Waals surface area contributed by atoms with E-state index >= 15 is 0 Å². The van der Waals surface area contributed by atoms with Crippen LogP contribution in [0.2, 0.25) is 0 Å². The van der Waals surface area contributed by atoms with Crippen LogP contribution < -0.4 is 19.1 Å². The Hall–Kier alpha value is -2.33. The van der Waals surface area contributed by atoms with Crippen LogP contribution in [0.25, 0.3) is 0 Å². The molecule has 0 saturated carbocycles. The summed E-state index contributed by atoms with van der Waals surface area (Å²) < 4.78 is 39.5. The van der Waals surface area contributed by atoms with E-state index in [4.69, 9.17) is 9.47 Å². The zero-order valence-electron chi connectivity index (χ0n) is 16.2. The molecule has 0 fully saturated rings. The van der Waals surface area contributed by atoms with Gasteiger partial charge in [0.1, 0.15) is 12.4 Å². The zero-order valence-corrected chi connectivity index (χ0v) is 17.8. The van der Waals surface area contributed by atoms with Crippen molar-refractivity contribution in [3.63, 3.8) is 0 Å². The molecule has 0 radical (unpaired) electrons. The number of hydrogen-bond acceptors (Lipinski definition) is 7. The van der Waals surface area contributed by atoms with E-state index in [0.29, 0.717) is 28.6 Å². The average molecular weight is 426 g/mol. The number of nitrogens with zero attached hydrogens (tertiary/aromatic N) is 2. The van der Waals surface area contributed by atoms with E-state index in [9.17, 15) is 13.2 Å². The minimum Gasteiger partial charge on any atom is -0.489 e. The lowest BCUT2D eigenvalue weighted by Gasteiger charge is -2.30. The highest BCUT2D eigenvalue weighted by molar-refractivity contribution is 7.93. The molecule has 8 nitrogen and oxygen atoms in total. The maximum absolute atomic E-state index is 13.5. The number of fused-ring (bicyclic) bond motifs is 1. The van der Waals surface area contributed by atoms with Gasteiger partial charge in [-0.25, -0.2) is 4.98 Å². The highest BCUT2D eigenvalue weighted by Crippen LogP contribution is 2.40. The molecule has 1 aromatic carbocycles. The summed E-state index contributed by atoms with van der Waals surface area (Å²) in [4.78, 5) is 15.7. The molecule has 0 aliphatic carbocycles. The van der Waals surface area contributed by atoms with Crippen molar-refractivity contribution in [1.82, 2.24) is 4.98 Å². The number of ether oxygens (including phenoxy) is 2. The maximum atomic E-state index is 13.5. The lowest BCUT2D eigenvalue weighted by molar-refractivity contribution is -0.114. The normalized spacial score (nSPS) is 13.8. The molecule has 0 bridgehead atoms. The summed E-state index contributed by atoms with van der Waals surface area (Å²) >= 11 is 1.24. The molecule has 3 rings (SSSR count). The number of carbonyl (C=O) groups excluding carboxylic acids is 1. The maximum Gasteiger partial charge on any atom is 0.286 e. The van der Waals surface area contributed by atoms with Crippen molar-refractivity contribution in [2.24, 2.45) is 0 Å². The Morgan fingerprint density at radius 1 is 1.43 bits per heavy atom. The van der Waals surface area contributed by atoms with Gasteiger partial charge < -0.3 is 14.8 Å². The number of carbonyl (C=O) groups is 1. The Morgan fingerprint density at radius 2 is 2.18 bits per heavy atom. The van der Waals surface area contributed by atoms with Crippen molar-refractivity contribution in [3.05, 3.63) is 23.2 Å². The highest BCUT2D eigenvalue weighted by Gasteiger charge is 2.35. The van der Waals surface area contributed by atoms with E-state index in [1.807, 2.05) is 20.8 Å². The average Bonchev–Trinajstić information content (AvgIpc) is 3.03. The second kappa shape index (κ2) is 7.96. The highest BCUT2D eigenvalue weighted by atomic mass is 32.2. The summed E-state index contributed by atoms with van der Waals surface area (Å²) in [6, 6.07) is 4.90. The molecule has 0 spiro atoms. The smallest absolute Gasteiger partial charge is 0.286 e. The first-order chi connectivity index (χ1) is 13.2. The fraction of sp³-hybridized carbons (Fsp3) is 0.444. The van der Waals surface area contributed by atoms with Gasteiger partial charge in [-0.15, -0.1) is 0 Å². The van der Waals surface area contributed by atoms with Gasteiger partial charge in [0.2, 0.25) is 16.0 Å². The van der Waals surface area contributed by atoms with Gasteiger partial charge in [-0.05, 0) is 38.5 Å². The lowest BCUT2D eigenvalue weighted by Crippen LogP contribution is -2.38. The molecular weight excluding hydrogens is 402 g/mol. The van der Waals surface area contributed by atoms with Crippen LogP contribution in [0.15, 0.2) is 23.2 Å². The monoisotopic (exact) mass is 425 g/mol. The Balaban J connectivity index is 2.07. The predicted octanol–water partition coefficient (Wildman–Crippen LogP) is 3.04. The van der Waals surface area contributed by atoms with Gasteiger partial charge in [-0.3, -0.25) is 9.10 Å². The molecule has 1 aliphatic heterocycles. The van der Waals surface area contributed by atoms with Crippen molar-refractivity contribution < 1.29 is 22.7 Å². The van der Waals surface area contributed by atoms with Crippen LogP contribution in [0, 0.1) is 0 Å². The topological polar surface area (TPSA) is 97.8 Å². The number of rotatable bonds is 6. The van der Waals surface area contributed by atoms with E-state index in [1.54, 1.807) is 18.2 Å². The number of anilines is 2. The fourth-order valence-corrected chi connectivity index (χ4v) is 5.54. The third-order valence-electron chi connectivity index (χ3n) is 3.89. The quantitative estimate of drug-likeness (QED) is 0.764. The summed E-state index contributed by atoms with van der Waals surface area (Å²) in [7, 11) is -3.97. The molecule has 1 amide bonds. The Labute approximate surface area is 168 Å². The minimum atomic E-state index is -3.97. The van der Waals surface area contributed by atoms with Crippen molar-refractivity contribution in [2.45, 2.75) is 45.2 Å². The fourth-order valence-electron chi connectivity index (χ4n) is 2.76. The molecule has 152 valence electrons. The van der Waals surface area contributed by atoms with E-state index in [0.717, 1.165) is 0 Å². The minimum absolute atomic E-state index is 0.0826. The van der Waals surface area contributed by atoms with E-state index < -0.39 is 10.0 Å². The second-order valence-corrected chi connectivity index (χ2v) is 9.33. The Morgan fingerprint density at radius 3 is 2.82 bits per heavy atom. The summed E-state index contributed by atoms with van der Waals surface area (Å²) in [5, 5.41) is 3.56. The molecule has 10 heteroatoms. The molecule has 0 unspecified atom stereocenters. The summed E-state index contributed by atoms with van der Waals surface area (Å²) in [6.45, 7) is 7.34. The van der Waals surface area contributed by atoms with Gasteiger partial charge in [0.25, 0.3) is 10.0 Å². The van der Waals surface area contributed by atoms with E-state index in [2.05, 4.69) is 10.3 Å². The number of nitrogens with one attached hydrogen (secondary N) is 1. The van der Waals surface area contributed by atoms with Crippen LogP contribution >= 0.6 is 11.3 Å². The molecule has 2 aromatic rings. The Kier molecular flexibility index (Phi) is 5.80. The largest absolute Gasteiger partial charge is 0.489 e. The van der Waals surface area contributed by atoms with E-state index in [1.165, 1.54) is 22.6 Å². The second-order valence-electron chi connectivity index (χ2n) is 6.51. The number of hydrogen-bond donors (Lipinski definition) is 1. The molecule has 1 aliphatic rings. The van der Waals surface area contributed by atoms with Crippen LogP contribution in [-0.2, 0) is 21.2 Å². The van der Waals surface area contributed by atoms with Gasteiger partial charge in [0.05, 0.1) is 23.3 Å². The third kappa shape index (κ3) is 4.07. The van der Waals surface area contributed by atoms with Gasteiger partial charge in [-0.2, -0.15) is 8.42 Å². The van der Waals surface area contributed by atoms with Gasteiger partial charge >= 0.3 is 0 Å². The van der Waals surface area contributed by atoms with Crippen LogP contribution in [0.4, 0.5) is 11.4 Å². The summed E-state index contributed by atoms with van der Waals surface area (Å²) in [5.74, 6) is 0.187. The molecule has 2 heterocycles. The number of amides is 1. The number of sulfonamides is 1. The van der Waals surface area contributed by atoms with Crippen molar-refractivity contribution in [3.8, 4) is 10.8 Å². The first-order valence-corrected chi connectivity index (χ1v) is 11.2. The molecule has 28 heavy (non-hydrogen) atoms. The first-order valence-electron chi connectivity index (χ1n) is 8.96. The number of aryl methyl sites for hydroxylation is 1. The molecular formula is C18H23N3O5S2. The lowest BCUT2D eigenvalue weighted by atomic mass is 10.2. The number of thiazole rings is 1. The first kappa shape index (κ1) is 20.4. The third-order valence-corrected chi connectivity index (χ3v) is 6.84. The SMILES string of the molecule is CCc1nc(S(=O)(=O)N2CCOc3ccc(NC(C)=O)cc32)c(OC(C)C)s1. The Bertz CT molecular complexity index is 985. The molecule has 1 N–H and O–H groups in total. The summed E-state index contributed by atoms with van der Waals surface area (Å²) in [6.07, 6.45) is 0.434. The van der Waals surface area contributed by atoms with Crippen LogP contribution in [0.1, 0.15) is 32.7 Å². The van der Waals surface area contributed by atoms with Crippen LogP contribution in [0.3, 0.4) is 0 Å². The molecule has 0 atom stereocenters. The number of benzene rings is 1. The predicted molar refractivity (Wildman–Crippen MR) is 108 cm³/mol. The van der Waals surface area contributed by atoms with Crippen molar-refractivity contribution in [1.29, 1.82) is 0 Å². The number of aromatic nitrogens is 1. The summed E-state index contributed by atoms with van der Waals surface area (Å²) in [5.41, 5.74) is 0.849. The van der Waals surface area contributed by atoms with Gasteiger partial charge in [0.15, 0.2) is 0 Å². The van der Waals surface area contributed by atoms with Crippen LogP contribution in [0.5, 0.6) is 10.8 Å². The molecule has 1 aromatic heterocycles. The standard InChI is InChI=1S/C18H23N3O5S2/c1-5-16-20-17(18(27-16)26-11(2)3)28(23,24)21-8-9-25-15-7-6-13(10-14(15)21)19-12(4)22/h6-7,10-11H,5,8-9H2,1-4H3,(H,19,22). The van der Waals surface area contributed by atoms with Crippen molar-refractivity contribution in [2.75, 3.05) is 22.8 Å². The molecule has 0 saturated heterocycles. The van der Waals surface area contributed by atoms with Gasteiger partial charge in [-0.1, -0.05) is 18.3 Å². The van der Waals surface area contributed by atoms with Gasteiger partial charge in [0, 0.05) is 12.6 Å². The zero-order chi connectivity index (χ0) is 20.5.